The van der Waals surface area contributed by atoms with E-state index in [1.54, 1.807) is 30.5 Å². The van der Waals surface area contributed by atoms with Crippen molar-refractivity contribution in [2.75, 3.05) is 13.2 Å². The predicted molar refractivity (Wildman–Crippen MR) is 149 cm³/mol. The average molecular weight is 596 g/mol. The SMILES string of the molecule is Cc1cc(OCC2(C(=O)O)CCC2)ncc1-c1ccc(-c2nc(C(F)(F)F)cn2COCC[Si](C)(C)C)c(Cl)c1. The van der Waals surface area contributed by atoms with Crippen LogP contribution >= 0.6 is 11.6 Å². The molecular weight excluding hydrogens is 563 g/mol. The zero-order valence-corrected chi connectivity index (χ0v) is 24.7. The number of halogens is 4. The third-order valence-corrected chi connectivity index (χ3v) is 9.18. The predicted octanol–water partition coefficient (Wildman–Crippen LogP) is 7.54. The number of rotatable bonds is 11. The van der Waals surface area contributed by atoms with E-state index >= 15 is 0 Å². The molecule has 0 aliphatic heterocycles. The van der Waals surface area contributed by atoms with Crippen molar-refractivity contribution in [1.29, 1.82) is 0 Å². The van der Waals surface area contributed by atoms with E-state index in [1.807, 2.05) is 6.92 Å². The highest BCUT2D eigenvalue weighted by Crippen LogP contribution is 2.42. The molecule has 3 aromatic rings. The lowest BCUT2D eigenvalue weighted by Crippen LogP contribution is -2.43. The summed E-state index contributed by atoms with van der Waals surface area (Å²) in [4.78, 5) is 19.8. The molecule has 0 saturated heterocycles. The number of ether oxygens (including phenoxy) is 2. The zero-order valence-electron chi connectivity index (χ0n) is 22.9. The molecule has 0 atom stereocenters. The smallest absolute Gasteiger partial charge is 0.434 e. The Balaban J connectivity index is 1.54. The quantitative estimate of drug-likeness (QED) is 0.182. The highest BCUT2D eigenvalue weighted by Gasteiger charge is 2.45. The number of alkyl halides is 3. The monoisotopic (exact) mass is 595 g/mol. The summed E-state index contributed by atoms with van der Waals surface area (Å²) in [6.45, 7) is 8.89. The first kappa shape index (κ1) is 30.1. The highest BCUT2D eigenvalue weighted by molar-refractivity contribution is 6.76. The molecule has 1 aromatic carbocycles. The maximum atomic E-state index is 13.5. The molecule has 4 rings (SSSR count). The van der Waals surface area contributed by atoms with Crippen LogP contribution in [0.5, 0.6) is 5.88 Å². The molecule has 0 spiro atoms. The van der Waals surface area contributed by atoms with E-state index < -0.39 is 31.3 Å². The van der Waals surface area contributed by atoms with Gasteiger partial charge in [-0.25, -0.2) is 9.97 Å². The van der Waals surface area contributed by atoms with E-state index in [1.165, 1.54) is 4.57 Å². The van der Waals surface area contributed by atoms with Gasteiger partial charge in [-0.1, -0.05) is 43.7 Å². The molecule has 7 nitrogen and oxygen atoms in total. The Bertz CT molecular complexity index is 1380. The van der Waals surface area contributed by atoms with Gasteiger partial charge < -0.3 is 19.1 Å². The number of hydrogen-bond acceptors (Lipinski definition) is 5. The molecule has 1 saturated carbocycles. The van der Waals surface area contributed by atoms with E-state index in [4.69, 9.17) is 21.1 Å². The molecule has 1 aliphatic carbocycles. The van der Waals surface area contributed by atoms with Crippen LogP contribution in [0, 0.1) is 12.3 Å². The van der Waals surface area contributed by atoms with Crippen LogP contribution in [0.3, 0.4) is 0 Å². The van der Waals surface area contributed by atoms with Gasteiger partial charge >= 0.3 is 12.1 Å². The summed E-state index contributed by atoms with van der Waals surface area (Å²) in [6, 6.07) is 7.66. The molecule has 216 valence electrons. The number of hydrogen-bond donors (Lipinski definition) is 1. The Morgan fingerprint density at radius 3 is 2.48 bits per heavy atom. The van der Waals surface area contributed by atoms with Crippen LogP contribution in [0.4, 0.5) is 13.2 Å². The maximum absolute atomic E-state index is 13.5. The minimum absolute atomic E-state index is 0.0586. The van der Waals surface area contributed by atoms with Gasteiger partial charge in [-0.05, 0) is 49.1 Å². The molecule has 0 bridgehead atoms. The molecule has 1 N–H and O–H groups in total. The number of carboxylic acid groups (broad SMARTS) is 1. The van der Waals surface area contributed by atoms with Crippen molar-refractivity contribution in [2.45, 2.75) is 64.8 Å². The van der Waals surface area contributed by atoms with Crippen molar-refractivity contribution < 1.29 is 32.5 Å². The van der Waals surface area contributed by atoms with Gasteiger partial charge in [0, 0.05) is 44.3 Å². The van der Waals surface area contributed by atoms with Crippen LogP contribution in [0.25, 0.3) is 22.5 Å². The Morgan fingerprint density at radius 2 is 1.93 bits per heavy atom. The molecule has 2 heterocycles. The third-order valence-electron chi connectivity index (χ3n) is 7.16. The second-order valence-electron chi connectivity index (χ2n) is 11.5. The molecule has 1 fully saturated rings. The normalized spacial score (nSPS) is 15.1. The fourth-order valence-corrected chi connectivity index (χ4v) is 5.44. The van der Waals surface area contributed by atoms with Crippen LogP contribution in [-0.2, 0) is 22.4 Å². The number of imidazole rings is 1. The van der Waals surface area contributed by atoms with E-state index in [9.17, 15) is 23.1 Å². The molecule has 0 radical (unpaired) electrons. The number of carboxylic acids is 1. The summed E-state index contributed by atoms with van der Waals surface area (Å²) in [6.07, 6.45) is -0.0331. The first-order chi connectivity index (χ1) is 18.7. The summed E-state index contributed by atoms with van der Waals surface area (Å²) in [5.74, 6) is -0.464. The largest absolute Gasteiger partial charge is 0.481 e. The van der Waals surface area contributed by atoms with Gasteiger partial charge in [-0.2, -0.15) is 13.2 Å². The first-order valence-electron chi connectivity index (χ1n) is 13.0. The van der Waals surface area contributed by atoms with Crippen molar-refractivity contribution in [3.63, 3.8) is 0 Å². The van der Waals surface area contributed by atoms with Crippen molar-refractivity contribution >= 4 is 25.6 Å². The van der Waals surface area contributed by atoms with Crippen LogP contribution in [0.1, 0.15) is 30.5 Å². The van der Waals surface area contributed by atoms with Gasteiger partial charge in [0.2, 0.25) is 5.88 Å². The van der Waals surface area contributed by atoms with Crippen molar-refractivity contribution in [3.8, 4) is 28.4 Å². The number of carbonyl (C=O) groups is 1. The Labute approximate surface area is 237 Å². The van der Waals surface area contributed by atoms with Gasteiger partial charge in [-0.15, -0.1) is 0 Å². The summed E-state index contributed by atoms with van der Waals surface area (Å²) < 4.78 is 53.2. The second-order valence-corrected chi connectivity index (χ2v) is 17.6. The lowest BCUT2D eigenvalue weighted by Gasteiger charge is -2.36. The molecule has 12 heteroatoms. The second kappa shape index (κ2) is 11.5. The van der Waals surface area contributed by atoms with Gasteiger partial charge in [0.15, 0.2) is 5.69 Å². The highest BCUT2D eigenvalue weighted by atomic mass is 35.5. The van der Waals surface area contributed by atoms with E-state index in [0.717, 1.165) is 29.8 Å². The van der Waals surface area contributed by atoms with Gasteiger partial charge in [-0.3, -0.25) is 4.79 Å². The number of benzene rings is 1. The summed E-state index contributed by atoms with van der Waals surface area (Å²) >= 11 is 6.60. The number of aryl methyl sites for hydroxylation is 1. The van der Waals surface area contributed by atoms with Gasteiger partial charge in [0.05, 0.1) is 5.02 Å². The average Bonchev–Trinajstić information content (AvgIpc) is 3.25. The van der Waals surface area contributed by atoms with Crippen LogP contribution in [-0.4, -0.2) is 46.9 Å². The number of nitrogens with zero attached hydrogens (tertiary/aromatic N) is 3. The molecule has 0 amide bonds. The number of pyridine rings is 1. The molecule has 1 aliphatic rings. The van der Waals surface area contributed by atoms with Gasteiger partial charge in [0.25, 0.3) is 0 Å². The third kappa shape index (κ3) is 6.87. The number of aliphatic carboxylic acids is 1. The minimum atomic E-state index is -4.61. The van der Waals surface area contributed by atoms with Gasteiger partial charge in [0.1, 0.15) is 24.6 Å². The van der Waals surface area contributed by atoms with Crippen molar-refractivity contribution in [2.24, 2.45) is 5.41 Å². The first-order valence-corrected chi connectivity index (χ1v) is 17.1. The Hall–Kier alpha value is -2.89. The van der Waals surface area contributed by atoms with Crippen LogP contribution in [0.2, 0.25) is 30.7 Å². The Kier molecular flexibility index (Phi) is 8.67. The standard InChI is InChI=1S/C28H33ClF3N3O4Si/c1-18-12-24(39-16-27(26(36)37)8-5-9-27)33-14-21(18)19-6-7-20(22(29)13-19)25-34-23(28(30,31)32)15-35(25)17-38-10-11-40(2,3)4/h6-7,12-15H,5,8-11,16-17H2,1-4H3,(H,36,37). The summed E-state index contributed by atoms with van der Waals surface area (Å²) in [7, 11) is -1.36. The minimum Gasteiger partial charge on any atom is -0.481 e. The van der Waals surface area contributed by atoms with Crippen LogP contribution in [0.15, 0.2) is 36.7 Å². The van der Waals surface area contributed by atoms with E-state index in [0.29, 0.717) is 36.5 Å². The van der Waals surface area contributed by atoms with Crippen molar-refractivity contribution in [3.05, 3.63) is 52.9 Å². The molecule has 0 unspecified atom stereocenters. The van der Waals surface area contributed by atoms with E-state index in [-0.39, 0.29) is 24.2 Å². The molecule has 2 aromatic heterocycles. The summed E-state index contributed by atoms with van der Waals surface area (Å²) in [5, 5.41) is 9.73. The Morgan fingerprint density at radius 1 is 1.20 bits per heavy atom. The lowest BCUT2D eigenvalue weighted by atomic mass is 9.69. The molecular formula is C28H33ClF3N3O4Si. The van der Waals surface area contributed by atoms with Crippen LogP contribution < -0.4 is 4.74 Å². The molecule has 40 heavy (non-hydrogen) atoms. The van der Waals surface area contributed by atoms with Crippen molar-refractivity contribution in [1.82, 2.24) is 14.5 Å². The summed E-state index contributed by atoms with van der Waals surface area (Å²) in [5.41, 5.74) is 0.773. The van der Waals surface area contributed by atoms with E-state index in [2.05, 4.69) is 29.6 Å². The fraction of sp³-hybridized carbons (Fsp3) is 0.464. The fourth-order valence-electron chi connectivity index (χ4n) is 4.42. The number of aromatic nitrogens is 3. The zero-order chi connectivity index (χ0) is 29.3. The topological polar surface area (TPSA) is 86.5 Å². The maximum Gasteiger partial charge on any atom is 0.434 e. The lowest BCUT2D eigenvalue weighted by molar-refractivity contribution is -0.157.